The van der Waals surface area contributed by atoms with Crippen LogP contribution in [-0.4, -0.2) is 26.8 Å². The zero-order chi connectivity index (χ0) is 15.5. The van der Waals surface area contributed by atoms with Crippen LogP contribution < -0.4 is 9.88 Å². The molecule has 0 saturated carbocycles. The van der Waals surface area contributed by atoms with Gasteiger partial charge in [0, 0.05) is 11.8 Å². The number of hydrogen-bond donors (Lipinski definition) is 2. The fourth-order valence-electron chi connectivity index (χ4n) is 1.65. The van der Waals surface area contributed by atoms with Crippen LogP contribution in [-0.2, 0) is 10.0 Å². The summed E-state index contributed by atoms with van der Waals surface area (Å²) in [4.78, 5) is 4.11. The summed E-state index contributed by atoms with van der Waals surface area (Å²) in [5.41, 5.74) is 0.860. The maximum Gasteiger partial charge on any atom is 0.238 e. The highest BCUT2D eigenvalue weighted by molar-refractivity contribution is 7.89. The highest BCUT2D eigenvalue weighted by Gasteiger charge is 2.07. The van der Waals surface area contributed by atoms with E-state index in [0.29, 0.717) is 17.0 Å². The summed E-state index contributed by atoms with van der Waals surface area (Å²) in [5.74, 6) is 0.620. The number of aliphatic imine (C=N–C) groups is 1. The number of nitrogens with zero attached hydrogens (tertiary/aromatic N) is 1. The Hall–Kier alpha value is -2.38. The Morgan fingerprint density at radius 1 is 1.24 bits per heavy atom. The molecule has 0 aromatic heterocycles. The SMILES string of the molecule is COc1ccc(O)c(C=Nc2cccc(S(N)(=O)=O)c2)c1. The molecule has 2 aromatic carbocycles. The monoisotopic (exact) mass is 306 g/mol. The molecule has 0 aliphatic heterocycles. The molecule has 0 aliphatic carbocycles. The van der Waals surface area contributed by atoms with Crippen molar-refractivity contribution < 1.29 is 18.3 Å². The lowest BCUT2D eigenvalue weighted by Crippen LogP contribution is -2.11. The average Bonchev–Trinajstić information content (AvgIpc) is 2.46. The Morgan fingerprint density at radius 3 is 2.67 bits per heavy atom. The van der Waals surface area contributed by atoms with Crippen LogP contribution in [0.5, 0.6) is 11.5 Å². The molecule has 0 heterocycles. The quantitative estimate of drug-likeness (QED) is 0.841. The first-order valence-corrected chi connectivity index (χ1v) is 7.49. The van der Waals surface area contributed by atoms with Crippen LogP contribution in [0.1, 0.15) is 5.56 Å². The lowest BCUT2D eigenvalue weighted by molar-refractivity contribution is 0.412. The van der Waals surface area contributed by atoms with Gasteiger partial charge in [-0.25, -0.2) is 13.6 Å². The molecule has 110 valence electrons. The molecule has 21 heavy (non-hydrogen) atoms. The van der Waals surface area contributed by atoms with Crippen molar-refractivity contribution in [3.05, 3.63) is 48.0 Å². The number of rotatable bonds is 4. The lowest BCUT2D eigenvalue weighted by Gasteiger charge is -2.03. The third kappa shape index (κ3) is 3.80. The molecule has 6 nitrogen and oxygen atoms in total. The third-order valence-corrected chi connectivity index (χ3v) is 3.64. The van der Waals surface area contributed by atoms with Gasteiger partial charge in [-0.1, -0.05) is 6.07 Å². The maximum absolute atomic E-state index is 11.3. The Kier molecular flexibility index (Phi) is 4.25. The Labute approximate surface area is 122 Å². The summed E-state index contributed by atoms with van der Waals surface area (Å²) in [6.45, 7) is 0. The van der Waals surface area contributed by atoms with Crippen LogP contribution in [0.3, 0.4) is 0 Å². The van der Waals surface area contributed by atoms with Gasteiger partial charge in [0.15, 0.2) is 0 Å². The first-order chi connectivity index (χ1) is 9.90. The fourth-order valence-corrected chi connectivity index (χ4v) is 2.20. The lowest BCUT2D eigenvalue weighted by atomic mass is 10.2. The zero-order valence-electron chi connectivity index (χ0n) is 11.2. The van der Waals surface area contributed by atoms with Gasteiger partial charge >= 0.3 is 0 Å². The highest BCUT2D eigenvalue weighted by Crippen LogP contribution is 2.23. The first-order valence-electron chi connectivity index (χ1n) is 5.94. The van der Waals surface area contributed by atoms with E-state index in [1.54, 1.807) is 18.2 Å². The Balaban J connectivity index is 2.34. The van der Waals surface area contributed by atoms with Gasteiger partial charge in [0.1, 0.15) is 11.5 Å². The Bertz CT molecular complexity index is 785. The minimum atomic E-state index is -3.77. The number of primary sulfonamides is 1. The normalized spacial score (nSPS) is 11.7. The molecule has 2 rings (SSSR count). The van der Waals surface area contributed by atoms with Gasteiger partial charge in [-0.05, 0) is 36.4 Å². The average molecular weight is 306 g/mol. The van der Waals surface area contributed by atoms with E-state index in [1.807, 2.05) is 0 Å². The van der Waals surface area contributed by atoms with Crippen molar-refractivity contribution in [3.63, 3.8) is 0 Å². The van der Waals surface area contributed by atoms with Crippen LogP contribution in [0.2, 0.25) is 0 Å². The minimum absolute atomic E-state index is 0.0213. The van der Waals surface area contributed by atoms with E-state index in [2.05, 4.69) is 4.99 Å². The Morgan fingerprint density at radius 2 is 2.00 bits per heavy atom. The third-order valence-electron chi connectivity index (χ3n) is 2.73. The van der Waals surface area contributed by atoms with Gasteiger partial charge in [-0.3, -0.25) is 4.99 Å². The summed E-state index contributed by atoms with van der Waals surface area (Å²) >= 11 is 0. The predicted molar refractivity (Wildman–Crippen MR) is 79.7 cm³/mol. The van der Waals surface area contributed by atoms with E-state index in [-0.39, 0.29) is 10.6 Å². The van der Waals surface area contributed by atoms with Crippen LogP contribution >= 0.6 is 0 Å². The number of sulfonamides is 1. The molecule has 2 aromatic rings. The van der Waals surface area contributed by atoms with Crippen molar-refractivity contribution in [1.82, 2.24) is 0 Å². The van der Waals surface area contributed by atoms with Crippen molar-refractivity contribution in [3.8, 4) is 11.5 Å². The molecular weight excluding hydrogens is 292 g/mol. The largest absolute Gasteiger partial charge is 0.507 e. The van der Waals surface area contributed by atoms with Crippen molar-refractivity contribution in [2.24, 2.45) is 10.1 Å². The molecule has 0 saturated heterocycles. The number of phenolic OH excluding ortho intramolecular Hbond substituents is 1. The van der Waals surface area contributed by atoms with E-state index in [9.17, 15) is 13.5 Å². The second kappa shape index (κ2) is 5.94. The van der Waals surface area contributed by atoms with Crippen LogP contribution in [0.15, 0.2) is 52.4 Å². The molecule has 7 heteroatoms. The van der Waals surface area contributed by atoms with Crippen LogP contribution in [0.25, 0.3) is 0 Å². The second-order valence-corrected chi connectivity index (χ2v) is 5.79. The summed E-state index contributed by atoms with van der Waals surface area (Å²) in [7, 11) is -2.25. The molecule has 0 atom stereocenters. The standard InChI is InChI=1S/C14H14N2O4S/c1-20-12-5-6-14(17)10(7-12)9-16-11-3-2-4-13(8-11)21(15,18)19/h2-9,17H,1H3,(H2,15,18,19). The molecule has 0 amide bonds. The number of benzene rings is 2. The predicted octanol–water partition coefficient (Wildman–Crippen LogP) is 1.80. The molecule has 3 N–H and O–H groups in total. The zero-order valence-corrected chi connectivity index (χ0v) is 12.0. The molecule has 0 fully saturated rings. The number of nitrogens with two attached hydrogens (primary N) is 1. The smallest absolute Gasteiger partial charge is 0.238 e. The number of phenols is 1. The van der Waals surface area contributed by atoms with Crippen LogP contribution in [0.4, 0.5) is 5.69 Å². The molecule has 0 radical (unpaired) electrons. The maximum atomic E-state index is 11.3. The molecule has 0 bridgehead atoms. The van der Waals surface area contributed by atoms with E-state index in [1.165, 1.54) is 37.6 Å². The molecule has 0 aliphatic rings. The van der Waals surface area contributed by atoms with Crippen molar-refractivity contribution in [2.45, 2.75) is 4.90 Å². The summed E-state index contributed by atoms with van der Waals surface area (Å²) in [5, 5.41) is 14.8. The number of hydrogen-bond acceptors (Lipinski definition) is 5. The van der Waals surface area contributed by atoms with E-state index >= 15 is 0 Å². The van der Waals surface area contributed by atoms with Crippen LogP contribution in [0, 0.1) is 0 Å². The fraction of sp³-hybridized carbons (Fsp3) is 0.0714. The van der Waals surface area contributed by atoms with Crippen molar-refractivity contribution >= 4 is 21.9 Å². The van der Waals surface area contributed by atoms with Gasteiger partial charge in [0.25, 0.3) is 0 Å². The number of methoxy groups -OCH3 is 1. The summed E-state index contributed by atoms with van der Waals surface area (Å²) < 4.78 is 27.6. The first kappa shape index (κ1) is 15.0. The van der Waals surface area contributed by atoms with Gasteiger partial charge in [0.05, 0.1) is 17.7 Å². The topological polar surface area (TPSA) is 102 Å². The van der Waals surface area contributed by atoms with Gasteiger partial charge < -0.3 is 9.84 Å². The van der Waals surface area contributed by atoms with Crippen molar-refractivity contribution in [1.29, 1.82) is 0 Å². The van der Waals surface area contributed by atoms with E-state index in [0.717, 1.165) is 0 Å². The van der Waals surface area contributed by atoms with Gasteiger partial charge in [-0.2, -0.15) is 0 Å². The molecule has 0 spiro atoms. The van der Waals surface area contributed by atoms with E-state index < -0.39 is 10.0 Å². The molecular formula is C14H14N2O4S. The van der Waals surface area contributed by atoms with Crippen molar-refractivity contribution in [2.75, 3.05) is 7.11 Å². The van der Waals surface area contributed by atoms with Gasteiger partial charge in [-0.15, -0.1) is 0 Å². The van der Waals surface area contributed by atoms with Gasteiger partial charge in [0.2, 0.25) is 10.0 Å². The molecule has 0 unspecified atom stereocenters. The summed E-state index contributed by atoms with van der Waals surface area (Å²) in [6.07, 6.45) is 1.42. The number of aromatic hydroxyl groups is 1. The summed E-state index contributed by atoms with van der Waals surface area (Å²) in [6, 6.07) is 10.6. The minimum Gasteiger partial charge on any atom is -0.507 e. The highest BCUT2D eigenvalue weighted by atomic mass is 32.2. The number of ether oxygens (including phenoxy) is 1. The second-order valence-electron chi connectivity index (χ2n) is 4.23. The van der Waals surface area contributed by atoms with E-state index in [4.69, 9.17) is 9.88 Å².